The van der Waals surface area contributed by atoms with Crippen LogP contribution in [0.5, 0.6) is 0 Å². The summed E-state index contributed by atoms with van der Waals surface area (Å²) in [7, 11) is 1.56. The van der Waals surface area contributed by atoms with Crippen LogP contribution in [-0.4, -0.2) is 38.6 Å². The first-order valence-corrected chi connectivity index (χ1v) is 8.45. The van der Waals surface area contributed by atoms with Gasteiger partial charge in [0.1, 0.15) is 5.58 Å². The molecule has 0 saturated carbocycles. The average molecular weight is 346 g/mol. The normalized spacial score (nSPS) is 11.1. The van der Waals surface area contributed by atoms with E-state index in [4.69, 9.17) is 9.15 Å². The van der Waals surface area contributed by atoms with Gasteiger partial charge in [0, 0.05) is 24.6 Å². The third-order valence-electron chi connectivity index (χ3n) is 4.09. The lowest BCUT2D eigenvalue weighted by atomic mass is 9.95. The summed E-state index contributed by atoms with van der Waals surface area (Å²) < 4.78 is 10.4. The molecule has 0 aliphatic rings. The Balaban J connectivity index is 1.99. The molecule has 0 bridgehead atoms. The minimum atomic E-state index is -0.236. The van der Waals surface area contributed by atoms with Gasteiger partial charge in [0.2, 0.25) is 11.8 Å². The highest BCUT2D eigenvalue weighted by atomic mass is 16.5. The van der Waals surface area contributed by atoms with E-state index in [0.717, 1.165) is 16.5 Å². The number of nitrogens with one attached hydrogen (secondary N) is 2. The van der Waals surface area contributed by atoms with Gasteiger partial charge in [-0.2, -0.15) is 0 Å². The maximum atomic E-state index is 12.1. The van der Waals surface area contributed by atoms with E-state index in [-0.39, 0.29) is 24.8 Å². The van der Waals surface area contributed by atoms with Crippen molar-refractivity contribution in [3.05, 3.63) is 35.1 Å². The van der Waals surface area contributed by atoms with Gasteiger partial charge in [-0.1, -0.05) is 13.8 Å². The van der Waals surface area contributed by atoms with Crippen molar-refractivity contribution in [1.29, 1.82) is 0 Å². The van der Waals surface area contributed by atoms with Crippen LogP contribution >= 0.6 is 0 Å². The fraction of sp³-hybridized carbons (Fsp3) is 0.474. The molecule has 0 fully saturated rings. The third-order valence-corrected chi connectivity index (χ3v) is 4.09. The van der Waals surface area contributed by atoms with Crippen LogP contribution in [0, 0.1) is 6.92 Å². The van der Waals surface area contributed by atoms with Gasteiger partial charge in [-0.15, -0.1) is 0 Å². The van der Waals surface area contributed by atoms with Crippen LogP contribution in [0.4, 0.5) is 0 Å². The summed E-state index contributed by atoms with van der Waals surface area (Å²) in [5.74, 6) is -0.0480. The predicted octanol–water partition coefficient (Wildman–Crippen LogP) is 2.29. The second kappa shape index (κ2) is 8.67. The second-order valence-corrected chi connectivity index (χ2v) is 6.42. The van der Waals surface area contributed by atoms with E-state index < -0.39 is 0 Å². The average Bonchev–Trinajstić information content (AvgIpc) is 2.94. The number of ether oxygens (including phenoxy) is 1. The van der Waals surface area contributed by atoms with E-state index in [1.54, 1.807) is 13.4 Å². The molecule has 0 unspecified atom stereocenters. The molecule has 25 heavy (non-hydrogen) atoms. The molecule has 0 aliphatic heterocycles. The molecule has 0 saturated heterocycles. The van der Waals surface area contributed by atoms with Gasteiger partial charge >= 0.3 is 0 Å². The molecule has 2 N–H and O–H groups in total. The lowest BCUT2D eigenvalue weighted by Gasteiger charge is -2.10. The van der Waals surface area contributed by atoms with Gasteiger partial charge in [0.05, 0.1) is 25.8 Å². The van der Waals surface area contributed by atoms with Gasteiger partial charge in [-0.05, 0) is 36.1 Å². The lowest BCUT2D eigenvalue weighted by molar-refractivity contribution is -0.125. The molecule has 6 heteroatoms. The van der Waals surface area contributed by atoms with Gasteiger partial charge in [0.15, 0.2) is 0 Å². The predicted molar refractivity (Wildman–Crippen MR) is 96.6 cm³/mol. The van der Waals surface area contributed by atoms with E-state index in [1.165, 1.54) is 11.1 Å². The fourth-order valence-electron chi connectivity index (χ4n) is 2.77. The Morgan fingerprint density at radius 3 is 2.64 bits per heavy atom. The number of aryl methyl sites for hydroxylation is 1. The van der Waals surface area contributed by atoms with Gasteiger partial charge in [-0.3, -0.25) is 9.59 Å². The molecule has 2 rings (SSSR count). The number of carbonyl (C=O) groups excluding carboxylic acids is 2. The minimum Gasteiger partial charge on any atom is -0.464 e. The monoisotopic (exact) mass is 346 g/mol. The molecular weight excluding hydrogens is 320 g/mol. The summed E-state index contributed by atoms with van der Waals surface area (Å²) in [6.45, 7) is 7.17. The van der Waals surface area contributed by atoms with Crippen molar-refractivity contribution < 1.29 is 18.7 Å². The molecule has 1 heterocycles. The second-order valence-electron chi connectivity index (χ2n) is 6.42. The van der Waals surface area contributed by atoms with Crippen molar-refractivity contribution in [2.24, 2.45) is 0 Å². The molecule has 0 aliphatic carbocycles. The third kappa shape index (κ3) is 5.06. The maximum absolute atomic E-state index is 12.1. The Labute approximate surface area is 147 Å². The van der Waals surface area contributed by atoms with Gasteiger partial charge < -0.3 is 19.8 Å². The first kappa shape index (κ1) is 19.0. The quantitative estimate of drug-likeness (QED) is 0.719. The van der Waals surface area contributed by atoms with Crippen molar-refractivity contribution >= 4 is 22.8 Å². The van der Waals surface area contributed by atoms with E-state index in [0.29, 0.717) is 19.1 Å². The molecule has 0 radical (unpaired) electrons. The highest BCUT2D eigenvalue weighted by molar-refractivity contribution is 5.90. The number of furan rings is 1. The Kier molecular flexibility index (Phi) is 6.58. The highest BCUT2D eigenvalue weighted by Crippen LogP contribution is 2.29. The summed E-state index contributed by atoms with van der Waals surface area (Å²) in [6, 6.07) is 4.11. The van der Waals surface area contributed by atoms with Gasteiger partial charge in [0.25, 0.3) is 0 Å². The molecule has 2 aromatic rings. The van der Waals surface area contributed by atoms with Crippen LogP contribution in [0.25, 0.3) is 11.0 Å². The smallest absolute Gasteiger partial charge is 0.239 e. The van der Waals surface area contributed by atoms with Crippen molar-refractivity contribution in [1.82, 2.24) is 10.6 Å². The first-order chi connectivity index (χ1) is 11.9. The maximum Gasteiger partial charge on any atom is 0.239 e. The Hall–Kier alpha value is -2.34. The Bertz CT molecular complexity index is 749. The van der Waals surface area contributed by atoms with Crippen LogP contribution in [-0.2, 0) is 20.7 Å². The zero-order valence-electron chi connectivity index (χ0n) is 15.3. The number of carbonyl (C=O) groups is 2. The number of methoxy groups -OCH3 is 1. The SMILES string of the molecule is COCCNC(=O)CNC(=O)Cc1coc2cc(C)c(C(C)C)cc12. The van der Waals surface area contributed by atoms with Gasteiger partial charge in [-0.25, -0.2) is 0 Å². The summed E-state index contributed by atoms with van der Waals surface area (Å²) in [5, 5.41) is 6.24. The standard InChI is InChI=1S/C19H26N2O4/c1-12(2)15-9-16-14(11-25-17(16)7-13(15)3)8-18(22)21-10-19(23)20-5-6-24-4/h7,9,11-12H,5-6,8,10H2,1-4H3,(H,20,23)(H,21,22). The Morgan fingerprint density at radius 2 is 1.96 bits per heavy atom. The number of benzene rings is 1. The van der Waals surface area contributed by atoms with Crippen molar-refractivity contribution in [3.63, 3.8) is 0 Å². The number of rotatable bonds is 8. The summed E-state index contributed by atoms with van der Waals surface area (Å²) in [4.78, 5) is 23.7. The number of hydrogen-bond donors (Lipinski definition) is 2. The molecule has 6 nitrogen and oxygen atoms in total. The molecule has 1 aromatic carbocycles. The summed E-state index contributed by atoms with van der Waals surface area (Å²) in [6.07, 6.45) is 1.80. The minimum absolute atomic E-state index is 0.0469. The largest absolute Gasteiger partial charge is 0.464 e. The number of amides is 2. The van der Waals surface area contributed by atoms with E-state index >= 15 is 0 Å². The van der Waals surface area contributed by atoms with E-state index in [9.17, 15) is 9.59 Å². The zero-order chi connectivity index (χ0) is 18.4. The first-order valence-electron chi connectivity index (χ1n) is 8.45. The van der Waals surface area contributed by atoms with E-state index in [2.05, 4.69) is 37.5 Å². The molecule has 2 amide bonds. The topological polar surface area (TPSA) is 80.6 Å². The van der Waals surface area contributed by atoms with Crippen molar-refractivity contribution in [2.75, 3.05) is 26.8 Å². The Morgan fingerprint density at radius 1 is 1.20 bits per heavy atom. The molecule has 0 atom stereocenters. The lowest BCUT2D eigenvalue weighted by Crippen LogP contribution is -2.38. The molecule has 1 aromatic heterocycles. The van der Waals surface area contributed by atoms with Crippen LogP contribution < -0.4 is 10.6 Å². The van der Waals surface area contributed by atoms with E-state index in [1.807, 2.05) is 6.07 Å². The number of fused-ring (bicyclic) bond motifs is 1. The van der Waals surface area contributed by atoms with Crippen LogP contribution in [0.15, 0.2) is 22.8 Å². The summed E-state index contributed by atoms with van der Waals surface area (Å²) >= 11 is 0. The van der Waals surface area contributed by atoms with Crippen LogP contribution in [0.1, 0.15) is 36.5 Å². The van der Waals surface area contributed by atoms with Crippen molar-refractivity contribution in [3.8, 4) is 0 Å². The van der Waals surface area contributed by atoms with Crippen molar-refractivity contribution in [2.45, 2.75) is 33.1 Å². The summed E-state index contributed by atoms with van der Waals surface area (Å²) in [5.41, 5.74) is 4.03. The van der Waals surface area contributed by atoms with Crippen LogP contribution in [0.3, 0.4) is 0 Å². The highest BCUT2D eigenvalue weighted by Gasteiger charge is 2.14. The molecular formula is C19H26N2O4. The zero-order valence-corrected chi connectivity index (χ0v) is 15.3. The molecule has 136 valence electrons. The van der Waals surface area contributed by atoms with Crippen LogP contribution in [0.2, 0.25) is 0 Å². The molecule has 0 spiro atoms. The number of hydrogen-bond acceptors (Lipinski definition) is 4. The fourth-order valence-corrected chi connectivity index (χ4v) is 2.77.